The van der Waals surface area contributed by atoms with Gasteiger partial charge in [0.25, 0.3) is 0 Å². The topological polar surface area (TPSA) is 46.2 Å². The van der Waals surface area contributed by atoms with Crippen molar-refractivity contribution in [2.24, 2.45) is 0 Å². The Morgan fingerprint density at radius 2 is 1.75 bits per heavy atom. The molecule has 0 atom stereocenters. The standard InChI is InChI=1S/C23H30ClN3O/c1-3-4-5-6-12-25-13-7-14-26-23-19-10-8-17(24)15-22(19)27-21-11-9-18(28-2)16-20(21)23/h8-11,15-16,25H,3-7,12-14H2,1-2H3,(H,26,27). The third kappa shape index (κ3) is 5.27. The predicted octanol–water partition coefficient (Wildman–Crippen LogP) is 6.02. The van der Waals surface area contributed by atoms with E-state index in [2.05, 4.69) is 17.6 Å². The van der Waals surface area contributed by atoms with E-state index in [1.54, 1.807) is 7.11 Å². The van der Waals surface area contributed by atoms with Crippen LogP contribution in [0.25, 0.3) is 21.8 Å². The van der Waals surface area contributed by atoms with Gasteiger partial charge in [0.2, 0.25) is 0 Å². The Morgan fingerprint density at radius 1 is 0.893 bits per heavy atom. The highest BCUT2D eigenvalue weighted by Gasteiger charge is 2.10. The maximum Gasteiger partial charge on any atom is 0.119 e. The second kappa shape index (κ2) is 10.5. The molecule has 0 aliphatic carbocycles. The monoisotopic (exact) mass is 399 g/mol. The van der Waals surface area contributed by atoms with Gasteiger partial charge in [-0.1, -0.05) is 37.8 Å². The van der Waals surface area contributed by atoms with Crippen molar-refractivity contribution in [3.8, 4) is 5.75 Å². The first-order chi connectivity index (χ1) is 13.7. The first-order valence-electron chi connectivity index (χ1n) is 10.2. The van der Waals surface area contributed by atoms with Crippen molar-refractivity contribution in [3.05, 3.63) is 41.4 Å². The molecule has 0 radical (unpaired) electrons. The molecule has 0 spiro atoms. The summed E-state index contributed by atoms with van der Waals surface area (Å²) in [5.74, 6) is 0.833. The van der Waals surface area contributed by atoms with Gasteiger partial charge < -0.3 is 15.4 Å². The largest absolute Gasteiger partial charge is 0.497 e. The number of hydrogen-bond donors (Lipinski definition) is 2. The van der Waals surface area contributed by atoms with E-state index in [4.69, 9.17) is 21.3 Å². The van der Waals surface area contributed by atoms with Gasteiger partial charge >= 0.3 is 0 Å². The summed E-state index contributed by atoms with van der Waals surface area (Å²) in [5, 5.41) is 10.0. The van der Waals surface area contributed by atoms with Crippen LogP contribution in [0, 0.1) is 0 Å². The van der Waals surface area contributed by atoms with E-state index in [0.717, 1.165) is 59.3 Å². The number of fused-ring (bicyclic) bond motifs is 2. The third-order valence-electron chi connectivity index (χ3n) is 4.98. The normalized spacial score (nSPS) is 11.2. The first kappa shape index (κ1) is 20.7. The molecule has 1 aromatic heterocycles. The van der Waals surface area contributed by atoms with Crippen LogP contribution in [0.1, 0.15) is 39.0 Å². The van der Waals surface area contributed by atoms with E-state index in [1.165, 1.54) is 25.7 Å². The van der Waals surface area contributed by atoms with Gasteiger partial charge in [0.1, 0.15) is 5.75 Å². The summed E-state index contributed by atoms with van der Waals surface area (Å²) in [4.78, 5) is 4.78. The Balaban J connectivity index is 1.70. The van der Waals surface area contributed by atoms with Crippen molar-refractivity contribution in [1.82, 2.24) is 10.3 Å². The van der Waals surface area contributed by atoms with Gasteiger partial charge in [-0.25, -0.2) is 4.98 Å². The van der Waals surface area contributed by atoms with Crippen LogP contribution in [-0.4, -0.2) is 31.7 Å². The van der Waals surface area contributed by atoms with Crippen molar-refractivity contribution in [3.63, 3.8) is 0 Å². The highest BCUT2D eigenvalue weighted by Crippen LogP contribution is 2.34. The fraction of sp³-hybridized carbons (Fsp3) is 0.435. The van der Waals surface area contributed by atoms with Crippen molar-refractivity contribution in [2.45, 2.75) is 39.0 Å². The molecule has 0 unspecified atom stereocenters. The number of nitrogens with one attached hydrogen (secondary N) is 2. The Hall–Kier alpha value is -2.04. The Labute approximate surface area is 172 Å². The average molecular weight is 400 g/mol. The first-order valence-corrected chi connectivity index (χ1v) is 10.6. The fourth-order valence-electron chi connectivity index (χ4n) is 3.44. The van der Waals surface area contributed by atoms with Crippen LogP contribution in [0.2, 0.25) is 5.02 Å². The maximum atomic E-state index is 6.19. The van der Waals surface area contributed by atoms with E-state index >= 15 is 0 Å². The molecule has 3 rings (SSSR count). The van der Waals surface area contributed by atoms with Crippen LogP contribution in [0.3, 0.4) is 0 Å². The highest BCUT2D eigenvalue weighted by atomic mass is 35.5. The molecule has 0 bridgehead atoms. The van der Waals surface area contributed by atoms with Crippen LogP contribution in [0.15, 0.2) is 36.4 Å². The number of methoxy groups -OCH3 is 1. The zero-order valence-electron chi connectivity index (χ0n) is 16.9. The molecule has 2 N–H and O–H groups in total. The minimum atomic E-state index is 0.700. The van der Waals surface area contributed by atoms with Gasteiger partial charge in [-0.2, -0.15) is 0 Å². The van der Waals surface area contributed by atoms with Gasteiger partial charge in [-0.3, -0.25) is 0 Å². The van der Waals surface area contributed by atoms with Gasteiger partial charge in [-0.15, -0.1) is 0 Å². The fourth-order valence-corrected chi connectivity index (χ4v) is 3.61. The number of nitrogens with zero attached hydrogens (tertiary/aromatic N) is 1. The lowest BCUT2D eigenvalue weighted by Gasteiger charge is -2.14. The van der Waals surface area contributed by atoms with Gasteiger partial charge in [0.15, 0.2) is 0 Å². The molecule has 4 nitrogen and oxygen atoms in total. The zero-order chi connectivity index (χ0) is 19.8. The lowest BCUT2D eigenvalue weighted by Crippen LogP contribution is -2.19. The molecular weight excluding hydrogens is 370 g/mol. The number of benzene rings is 2. The molecule has 150 valence electrons. The summed E-state index contributed by atoms with van der Waals surface area (Å²) in [6.45, 7) is 5.27. The van der Waals surface area contributed by atoms with Gasteiger partial charge in [-0.05, 0) is 62.3 Å². The van der Waals surface area contributed by atoms with E-state index < -0.39 is 0 Å². The van der Waals surface area contributed by atoms with Crippen LogP contribution >= 0.6 is 11.6 Å². The van der Waals surface area contributed by atoms with Crippen LogP contribution in [0.5, 0.6) is 5.75 Å². The molecule has 0 fully saturated rings. The van der Waals surface area contributed by atoms with Crippen molar-refractivity contribution in [2.75, 3.05) is 32.1 Å². The summed E-state index contributed by atoms with van der Waals surface area (Å²) in [7, 11) is 1.69. The van der Waals surface area contributed by atoms with E-state index in [9.17, 15) is 0 Å². The second-order valence-electron chi connectivity index (χ2n) is 7.12. The summed E-state index contributed by atoms with van der Waals surface area (Å²) in [6.07, 6.45) is 6.27. The van der Waals surface area contributed by atoms with Crippen molar-refractivity contribution in [1.29, 1.82) is 0 Å². The summed E-state index contributed by atoms with van der Waals surface area (Å²) in [5.41, 5.74) is 2.94. The molecule has 2 aromatic carbocycles. The van der Waals surface area contributed by atoms with Crippen LogP contribution in [0.4, 0.5) is 5.69 Å². The van der Waals surface area contributed by atoms with E-state index in [0.29, 0.717) is 5.02 Å². The Bertz CT molecular complexity index is 913. The third-order valence-corrected chi connectivity index (χ3v) is 5.22. The quantitative estimate of drug-likeness (QED) is 0.305. The number of pyridine rings is 1. The Kier molecular flexibility index (Phi) is 7.75. The van der Waals surface area contributed by atoms with Crippen LogP contribution < -0.4 is 15.4 Å². The van der Waals surface area contributed by atoms with E-state index in [1.807, 2.05) is 36.4 Å². The number of ether oxygens (including phenoxy) is 1. The minimum absolute atomic E-state index is 0.700. The minimum Gasteiger partial charge on any atom is -0.497 e. The lowest BCUT2D eigenvalue weighted by atomic mass is 10.1. The average Bonchev–Trinajstić information content (AvgIpc) is 2.71. The van der Waals surface area contributed by atoms with Crippen LogP contribution in [-0.2, 0) is 0 Å². The molecular formula is C23H30ClN3O. The molecule has 0 saturated heterocycles. The second-order valence-corrected chi connectivity index (χ2v) is 7.56. The van der Waals surface area contributed by atoms with E-state index in [-0.39, 0.29) is 0 Å². The number of hydrogen-bond acceptors (Lipinski definition) is 4. The number of rotatable bonds is 11. The van der Waals surface area contributed by atoms with Crippen molar-refractivity contribution >= 4 is 39.1 Å². The molecule has 5 heteroatoms. The van der Waals surface area contributed by atoms with Gasteiger partial charge in [0, 0.05) is 22.3 Å². The maximum absolute atomic E-state index is 6.19. The number of aromatic nitrogens is 1. The zero-order valence-corrected chi connectivity index (χ0v) is 17.6. The van der Waals surface area contributed by atoms with Crippen molar-refractivity contribution < 1.29 is 4.74 Å². The molecule has 3 aromatic rings. The smallest absolute Gasteiger partial charge is 0.119 e. The molecule has 0 aliphatic rings. The highest BCUT2D eigenvalue weighted by molar-refractivity contribution is 6.31. The summed E-state index contributed by atoms with van der Waals surface area (Å²) < 4.78 is 5.42. The molecule has 28 heavy (non-hydrogen) atoms. The SMILES string of the molecule is CCCCCCNCCCNc1c2ccc(Cl)cc2nc2ccc(OC)cc12. The number of anilines is 1. The van der Waals surface area contributed by atoms with Gasteiger partial charge in [0.05, 0.1) is 23.8 Å². The molecule has 0 saturated carbocycles. The number of halogens is 1. The molecule has 0 aliphatic heterocycles. The number of unbranched alkanes of at least 4 members (excludes halogenated alkanes) is 3. The summed E-state index contributed by atoms with van der Waals surface area (Å²) in [6, 6.07) is 11.9. The molecule has 0 amide bonds. The predicted molar refractivity (Wildman–Crippen MR) is 121 cm³/mol. The molecule has 1 heterocycles. The summed E-state index contributed by atoms with van der Waals surface area (Å²) >= 11 is 6.19. The lowest BCUT2D eigenvalue weighted by molar-refractivity contribution is 0.415. The Morgan fingerprint density at radius 3 is 2.57 bits per heavy atom.